The van der Waals surface area contributed by atoms with E-state index >= 15 is 0 Å². The van der Waals surface area contributed by atoms with Crippen molar-refractivity contribution in [2.45, 2.75) is 4.90 Å². The molecule has 0 saturated heterocycles. The van der Waals surface area contributed by atoms with Gasteiger partial charge in [0.2, 0.25) is 0 Å². The maximum absolute atomic E-state index is 5.79. The molecule has 0 radical (unpaired) electrons. The van der Waals surface area contributed by atoms with E-state index in [1.807, 2.05) is 17.5 Å². The Hall–Kier alpha value is -0.870. The van der Waals surface area contributed by atoms with Crippen LogP contribution in [0.2, 0.25) is 0 Å². The summed E-state index contributed by atoms with van der Waals surface area (Å²) < 4.78 is 6.24. The van der Waals surface area contributed by atoms with E-state index in [2.05, 4.69) is 12.6 Å². The van der Waals surface area contributed by atoms with Crippen molar-refractivity contribution in [3.63, 3.8) is 0 Å². The molecule has 0 aliphatic rings. The van der Waals surface area contributed by atoms with E-state index in [1.54, 1.807) is 18.4 Å². The fourth-order valence-corrected chi connectivity index (χ4v) is 2.49. The highest BCUT2D eigenvalue weighted by Gasteiger charge is 2.06. The molecule has 13 heavy (non-hydrogen) atoms. The smallest absolute Gasteiger partial charge is 0.120 e. The predicted molar refractivity (Wildman–Crippen MR) is 60.0 cm³/mol. The maximum atomic E-state index is 5.79. The lowest BCUT2D eigenvalue weighted by Gasteiger charge is -2.02. The van der Waals surface area contributed by atoms with Gasteiger partial charge in [0.1, 0.15) is 5.75 Å². The van der Waals surface area contributed by atoms with Gasteiger partial charge in [0, 0.05) is 20.4 Å². The molecule has 1 aromatic heterocycles. The Kier molecular flexibility index (Phi) is 2.09. The predicted octanol–water partition coefficient (Wildman–Crippen LogP) is 2.78. The summed E-state index contributed by atoms with van der Waals surface area (Å²) in [5.74, 6) is 0.794. The third-order valence-corrected chi connectivity index (χ3v) is 3.44. The normalized spacial score (nSPS) is 10.6. The molecule has 0 bridgehead atoms. The minimum atomic E-state index is 0.786. The molecule has 0 unspecified atom stereocenters. The van der Waals surface area contributed by atoms with Crippen LogP contribution in [0.25, 0.3) is 10.1 Å². The number of ether oxygens (including phenoxy) is 1. The topological polar surface area (TPSA) is 35.2 Å². The van der Waals surface area contributed by atoms with E-state index in [0.717, 1.165) is 26.4 Å². The summed E-state index contributed by atoms with van der Waals surface area (Å²) in [5.41, 5.74) is 6.58. The number of rotatable bonds is 1. The van der Waals surface area contributed by atoms with Gasteiger partial charge in [-0.25, -0.2) is 0 Å². The summed E-state index contributed by atoms with van der Waals surface area (Å²) >= 11 is 5.97. The zero-order valence-electron chi connectivity index (χ0n) is 7.07. The molecular formula is C9H9NOS2. The van der Waals surface area contributed by atoms with Crippen LogP contribution in [0.3, 0.4) is 0 Å². The third-order valence-electron chi connectivity index (χ3n) is 1.89. The van der Waals surface area contributed by atoms with E-state index in [1.165, 1.54) is 0 Å². The average Bonchev–Trinajstić information content (AvgIpc) is 2.48. The SMILES string of the molecule is COc1cc(S)c2scc(N)c2c1. The number of benzene rings is 1. The Labute approximate surface area is 85.7 Å². The molecule has 0 aliphatic carbocycles. The summed E-state index contributed by atoms with van der Waals surface area (Å²) in [6, 6.07) is 3.82. The van der Waals surface area contributed by atoms with Crippen LogP contribution in [0.5, 0.6) is 5.75 Å². The third kappa shape index (κ3) is 1.36. The molecule has 2 N–H and O–H groups in total. The molecular weight excluding hydrogens is 202 g/mol. The van der Waals surface area contributed by atoms with Crippen LogP contribution in [0, 0.1) is 0 Å². The standard InChI is InChI=1S/C9H9NOS2/c1-11-5-2-6-7(10)4-13-9(6)8(12)3-5/h2-4,12H,10H2,1H3. The lowest BCUT2D eigenvalue weighted by Crippen LogP contribution is -1.84. The molecule has 0 atom stereocenters. The zero-order chi connectivity index (χ0) is 9.42. The molecule has 1 aromatic carbocycles. The summed E-state index contributed by atoms with van der Waals surface area (Å²) in [5, 5.41) is 2.94. The fourth-order valence-electron chi connectivity index (χ4n) is 1.23. The molecule has 68 valence electrons. The Balaban J connectivity index is 2.80. The first-order valence-corrected chi connectivity index (χ1v) is 5.08. The van der Waals surface area contributed by atoms with Gasteiger partial charge in [-0.05, 0) is 12.1 Å². The van der Waals surface area contributed by atoms with Crippen molar-refractivity contribution in [2.24, 2.45) is 0 Å². The van der Waals surface area contributed by atoms with Gasteiger partial charge in [-0.1, -0.05) is 0 Å². The summed E-state index contributed by atoms with van der Waals surface area (Å²) in [7, 11) is 1.64. The van der Waals surface area contributed by atoms with Gasteiger partial charge in [-0.3, -0.25) is 0 Å². The van der Waals surface area contributed by atoms with Crippen LogP contribution >= 0.6 is 24.0 Å². The maximum Gasteiger partial charge on any atom is 0.120 e. The van der Waals surface area contributed by atoms with Gasteiger partial charge in [-0.2, -0.15) is 0 Å². The Bertz CT molecular complexity index is 450. The number of nitrogens with two attached hydrogens (primary N) is 1. The Morgan fingerprint density at radius 3 is 2.92 bits per heavy atom. The minimum Gasteiger partial charge on any atom is -0.497 e. The van der Waals surface area contributed by atoms with E-state index in [4.69, 9.17) is 10.5 Å². The highest BCUT2D eigenvalue weighted by Crippen LogP contribution is 2.35. The molecule has 1 heterocycles. The lowest BCUT2D eigenvalue weighted by molar-refractivity contribution is 0.414. The van der Waals surface area contributed by atoms with Crippen LogP contribution in [-0.2, 0) is 0 Å². The van der Waals surface area contributed by atoms with Gasteiger partial charge in [-0.15, -0.1) is 24.0 Å². The number of thiol groups is 1. The number of methoxy groups -OCH3 is 1. The largest absolute Gasteiger partial charge is 0.497 e. The highest BCUT2D eigenvalue weighted by molar-refractivity contribution is 7.80. The molecule has 0 amide bonds. The van der Waals surface area contributed by atoms with Crippen molar-refractivity contribution < 1.29 is 4.74 Å². The van der Waals surface area contributed by atoms with Crippen molar-refractivity contribution >= 4 is 39.7 Å². The van der Waals surface area contributed by atoms with Crippen LogP contribution in [0.15, 0.2) is 22.4 Å². The zero-order valence-corrected chi connectivity index (χ0v) is 8.78. The first kappa shape index (κ1) is 8.72. The Morgan fingerprint density at radius 1 is 1.46 bits per heavy atom. The summed E-state index contributed by atoms with van der Waals surface area (Å²) in [6.45, 7) is 0. The number of hydrogen-bond acceptors (Lipinski definition) is 4. The molecule has 0 spiro atoms. The first-order valence-electron chi connectivity index (χ1n) is 3.76. The quantitative estimate of drug-likeness (QED) is 0.711. The summed E-state index contributed by atoms with van der Waals surface area (Å²) in [6.07, 6.45) is 0. The van der Waals surface area contributed by atoms with Crippen molar-refractivity contribution in [1.82, 2.24) is 0 Å². The second-order valence-corrected chi connectivity index (χ2v) is 4.08. The average molecular weight is 211 g/mol. The minimum absolute atomic E-state index is 0.786. The number of anilines is 1. The molecule has 2 aromatic rings. The number of thiophene rings is 1. The number of nitrogen functional groups attached to an aromatic ring is 1. The van der Waals surface area contributed by atoms with Crippen LogP contribution in [0.4, 0.5) is 5.69 Å². The van der Waals surface area contributed by atoms with E-state index < -0.39 is 0 Å². The van der Waals surface area contributed by atoms with Crippen molar-refractivity contribution in [3.05, 3.63) is 17.5 Å². The molecule has 2 nitrogen and oxygen atoms in total. The highest BCUT2D eigenvalue weighted by atomic mass is 32.1. The molecule has 0 saturated carbocycles. The second kappa shape index (κ2) is 3.12. The van der Waals surface area contributed by atoms with Crippen molar-refractivity contribution in [1.29, 1.82) is 0 Å². The van der Waals surface area contributed by atoms with E-state index in [0.29, 0.717) is 0 Å². The van der Waals surface area contributed by atoms with Crippen molar-refractivity contribution in [2.75, 3.05) is 12.8 Å². The van der Waals surface area contributed by atoms with Crippen LogP contribution < -0.4 is 10.5 Å². The molecule has 4 heteroatoms. The van der Waals surface area contributed by atoms with E-state index in [-0.39, 0.29) is 0 Å². The molecule has 2 rings (SSSR count). The Morgan fingerprint density at radius 2 is 2.23 bits per heavy atom. The fraction of sp³-hybridized carbons (Fsp3) is 0.111. The van der Waals surface area contributed by atoms with Crippen molar-refractivity contribution in [3.8, 4) is 5.75 Å². The van der Waals surface area contributed by atoms with Gasteiger partial charge in [0.05, 0.1) is 12.8 Å². The number of fused-ring (bicyclic) bond motifs is 1. The van der Waals surface area contributed by atoms with Gasteiger partial charge >= 0.3 is 0 Å². The monoisotopic (exact) mass is 211 g/mol. The van der Waals surface area contributed by atoms with E-state index in [9.17, 15) is 0 Å². The van der Waals surface area contributed by atoms with Gasteiger partial charge < -0.3 is 10.5 Å². The number of hydrogen-bond donors (Lipinski definition) is 2. The second-order valence-electron chi connectivity index (χ2n) is 2.71. The molecule has 0 aliphatic heterocycles. The van der Waals surface area contributed by atoms with Gasteiger partial charge in [0.15, 0.2) is 0 Å². The van der Waals surface area contributed by atoms with Crippen LogP contribution in [-0.4, -0.2) is 7.11 Å². The van der Waals surface area contributed by atoms with Gasteiger partial charge in [0.25, 0.3) is 0 Å². The first-order chi connectivity index (χ1) is 6.22. The molecule has 0 fully saturated rings. The lowest BCUT2D eigenvalue weighted by atomic mass is 10.2. The summed E-state index contributed by atoms with van der Waals surface area (Å²) in [4.78, 5) is 0.913. The van der Waals surface area contributed by atoms with Crippen LogP contribution in [0.1, 0.15) is 0 Å².